The molecule has 0 amide bonds. The normalized spacial score (nSPS) is 23.4. The van der Waals surface area contributed by atoms with E-state index in [0.717, 1.165) is 24.8 Å². The Balaban J connectivity index is 2.12. The molecule has 5 heteroatoms. The third-order valence-electron chi connectivity index (χ3n) is 4.07. The molecule has 1 aliphatic carbocycles. The zero-order valence-corrected chi connectivity index (χ0v) is 12.9. The number of nitrogens with zero attached hydrogens (tertiary/aromatic N) is 1. The Morgan fingerprint density at radius 2 is 2.05 bits per heavy atom. The van der Waals surface area contributed by atoms with E-state index >= 15 is 0 Å². The highest BCUT2D eigenvalue weighted by molar-refractivity contribution is 7.90. The molecule has 2 atom stereocenters. The molecular weight excluding hydrogens is 274 g/mol. The van der Waals surface area contributed by atoms with Crippen LogP contribution in [0.4, 0.5) is 0 Å². The van der Waals surface area contributed by atoms with Crippen molar-refractivity contribution in [3.05, 3.63) is 35.4 Å². The van der Waals surface area contributed by atoms with Crippen LogP contribution in [0.2, 0.25) is 0 Å². The van der Waals surface area contributed by atoms with E-state index in [1.54, 1.807) is 0 Å². The summed E-state index contributed by atoms with van der Waals surface area (Å²) in [5.41, 5.74) is 2.19. The number of likely N-dealkylation sites (N-methyl/N-ethyl adjacent to an activating group) is 1. The minimum absolute atomic E-state index is 0.0135. The van der Waals surface area contributed by atoms with Gasteiger partial charge in [-0.05, 0) is 37.4 Å². The first-order chi connectivity index (χ1) is 9.38. The molecule has 0 aliphatic heterocycles. The standard InChI is InChI=1S/C15H23NO3S/c1-16(10-11-20(2,18)19)14-9-5-7-12-6-3-4-8-13(12)15(14)17/h3-4,6,8,14-15,17H,5,7,9-11H2,1-2H3. The molecule has 1 aromatic carbocycles. The summed E-state index contributed by atoms with van der Waals surface area (Å²) in [4.78, 5) is 1.98. The maximum absolute atomic E-state index is 11.3. The van der Waals surface area contributed by atoms with Crippen molar-refractivity contribution in [3.8, 4) is 0 Å². The molecule has 1 N–H and O–H groups in total. The molecule has 0 saturated carbocycles. The summed E-state index contributed by atoms with van der Waals surface area (Å²) in [6.07, 6.45) is 3.58. The fourth-order valence-electron chi connectivity index (χ4n) is 2.85. The molecule has 0 aromatic heterocycles. The third kappa shape index (κ3) is 3.81. The molecule has 0 radical (unpaired) electrons. The van der Waals surface area contributed by atoms with Crippen molar-refractivity contribution in [2.45, 2.75) is 31.4 Å². The molecule has 2 unspecified atom stereocenters. The topological polar surface area (TPSA) is 57.6 Å². The number of aliphatic hydroxyl groups is 1. The van der Waals surface area contributed by atoms with E-state index in [0.29, 0.717) is 6.54 Å². The van der Waals surface area contributed by atoms with Gasteiger partial charge in [-0.1, -0.05) is 24.3 Å². The molecule has 0 bridgehead atoms. The molecule has 2 rings (SSSR count). The second-order valence-electron chi connectivity index (χ2n) is 5.71. The average molecular weight is 297 g/mol. The Morgan fingerprint density at radius 3 is 2.75 bits per heavy atom. The molecule has 0 heterocycles. The molecule has 0 saturated heterocycles. The summed E-state index contributed by atoms with van der Waals surface area (Å²) in [5.74, 6) is 0.133. The predicted octanol–water partition coefficient (Wildman–Crippen LogP) is 1.40. The smallest absolute Gasteiger partial charge is 0.148 e. The van der Waals surface area contributed by atoms with E-state index in [1.165, 1.54) is 11.8 Å². The Bertz CT molecular complexity index is 556. The minimum atomic E-state index is -2.97. The van der Waals surface area contributed by atoms with Crippen molar-refractivity contribution >= 4 is 9.84 Å². The summed E-state index contributed by atoms with van der Waals surface area (Å²) < 4.78 is 22.6. The van der Waals surface area contributed by atoms with Gasteiger partial charge in [0.05, 0.1) is 11.9 Å². The van der Waals surface area contributed by atoms with Crippen LogP contribution in [-0.4, -0.2) is 50.1 Å². The van der Waals surface area contributed by atoms with E-state index in [-0.39, 0.29) is 11.8 Å². The fraction of sp³-hybridized carbons (Fsp3) is 0.600. The zero-order chi connectivity index (χ0) is 14.8. The maximum atomic E-state index is 11.3. The van der Waals surface area contributed by atoms with E-state index < -0.39 is 15.9 Å². The van der Waals surface area contributed by atoms with Crippen LogP contribution in [0.3, 0.4) is 0 Å². The monoisotopic (exact) mass is 297 g/mol. The van der Waals surface area contributed by atoms with Crippen LogP contribution in [0.15, 0.2) is 24.3 Å². The third-order valence-corrected chi connectivity index (χ3v) is 4.99. The molecule has 20 heavy (non-hydrogen) atoms. The largest absolute Gasteiger partial charge is 0.387 e. The van der Waals surface area contributed by atoms with Gasteiger partial charge in [0.2, 0.25) is 0 Å². The van der Waals surface area contributed by atoms with Crippen LogP contribution < -0.4 is 0 Å². The SMILES string of the molecule is CN(CCS(C)(=O)=O)C1CCCc2ccccc2C1O. The van der Waals surface area contributed by atoms with Crippen molar-refractivity contribution in [3.63, 3.8) is 0 Å². The Morgan fingerprint density at radius 1 is 1.35 bits per heavy atom. The first-order valence-electron chi connectivity index (χ1n) is 7.02. The van der Waals surface area contributed by atoms with Gasteiger partial charge in [-0.3, -0.25) is 4.90 Å². The van der Waals surface area contributed by atoms with Crippen LogP contribution in [0.5, 0.6) is 0 Å². The number of aliphatic hydroxyl groups excluding tert-OH is 1. The van der Waals surface area contributed by atoms with Crippen molar-refractivity contribution in [1.82, 2.24) is 4.90 Å². The van der Waals surface area contributed by atoms with Crippen LogP contribution in [-0.2, 0) is 16.3 Å². The number of fused-ring (bicyclic) bond motifs is 1. The van der Waals surface area contributed by atoms with Gasteiger partial charge in [0.25, 0.3) is 0 Å². The molecule has 112 valence electrons. The number of rotatable bonds is 4. The van der Waals surface area contributed by atoms with Gasteiger partial charge in [-0.2, -0.15) is 0 Å². The summed E-state index contributed by atoms with van der Waals surface area (Å²) in [6, 6.07) is 7.97. The van der Waals surface area contributed by atoms with E-state index in [9.17, 15) is 13.5 Å². The highest BCUT2D eigenvalue weighted by Crippen LogP contribution is 2.31. The number of benzene rings is 1. The van der Waals surface area contributed by atoms with Crippen LogP contribution in [0.1, 0.15) is 30.1 Å². The van der Waals surface area contributed by atoms with Crippen LogP contribution in [0.25, 0.3) is 0 Å². The quantitative estimate of drug-likeness (QED) is 0.854. The molecular formula is C15H23NO3S. The molecule has 1 aromatic rings. The Hall–Kier alpha value is -0.910. The van der Waals surface area contributed by atoms with Crippen molar-refractivity contribution in [2.24, 2.45) is 0 Å². The maximum Gasteiger partial charge on any atom is 0.148 e. The summed E-state index contributed by atoms with van der Waals surface area (Å²) in [7, 11) is -1.07. The van der Waals surface area contributed by atoms with Gasteiger partial charge in [0, 0.05) is 18.8 Å². The number of hydrogen-bond acceptors (Lipinski definition) is 4. The van der Waals surface area contributed by atoms with Crippen molar-refractivity contribution < 1.29 is 13.5 Å². The summed E-state index contributed by atoms with van der Waals surface area (Å²) in [5, 5.41) is 10.6. The highest BCUT2D eigenvalue weighted by atomic mass is 32.2. The number of aryl methyl sites for hydroxylation is 1. The van der Waals surface area contributed by atoms with Gasteiger partial charge in [0.15, 0.2) is 0 Å². The summed E-state index contributed by atoms with van der Waals surface area (Å²) >= 11 is 0. The lowest BCUT2D eigenvalue weighted by Gasteiger charge is -2.31. The van der Waals surface area contributed by atoms with E-state index in [1.807, 2.05) is 30.1 Å². The van der Waals surface area contributed by atoms with Gasteiger partial charge >= 0.3 is 0 Å². The Labute approximate surface area is 121 Å². The average Bonchev–Trinajstić information content (AvgIpc) is 2.55. The van der Waals surface area contributed by atoms with Gasteiger partial charge < -0.3 is 5.11 Å². The van der Waals surface area contributed by atoms with Crippen molar-refractivity contribution in [1.29, 1.82) is 0 Å². The molecule has 4 nitrogen and oxygen atoms in total. The lowest BCUT2D eigenvalue weighted by Crippen LogP contribution is -2.39. The van der Waals surface area contributed by atoms with Gasteiger partial charge in [-0.15, -0.1) is 0 Å². The first kappa shape index (κ1) is 15.5. The minimum Gasteiger partial charge on any atom is -0.387 e. The van der Waals surface area contributed by atoms with Crippen LogP contribution in [0, 0.1) is 0 Å². The van der Waals surface area contributed by atoms with Crippen LogP contribution >= 0.6 is 0 Å². The number of sulfone groups is 1. The molecule has 1 aliphatic rings. The van der Waals surface area contributed by atoms with E-state index in [2.05, 4.69) is 6.07 Å². The highest BCUT2D eigenvalue weighted by Gasteiger charge is 2.28. The zero-order valence-electron chi connectivity index (χ0n) is 12.1. The number of hydrogen-bond donors (Lipinski definition) is 1. The summed E-state index contributed by atoms with van der Waals surface area (Å²) in [6.45, 7) is 0.461. The van der Waals surface area contributed by atoms with E-state index in [4.69, 9.17) is 0 Å². The lowest BCUT2D eigenvalue weighted by molar-refractivity contribution is 0.0625. The predicted molar refractivity (Wildman–Crippen MR) is 80.5 cm³/mol. The Kier molecular flexibility index (Phi) is 4.83. The van der Waals surface area contributed by atoms with Crippen molar-refractivity contribution in [2.75, 3.05) is 25.6 Å². The fourth-order valence-corrected chi connectivity index (χ4v) is 3.47. The van der Waals surface area contributed by atoms with Gasteiger partial charge in [-0.25, -0.2) is 8.42 Å². The second kappa shape index (κ2) is 6.24. The first-order valence-corrected chi connectivity index (χ1v) is 9.08. The molecule has 0 spiro atoms. The van der Waals surface area contributed by atoms with Gasteiger partial charge in [0.1, 0.15) is 9.84 Å². The lowest BCUT2D eigenvalue weighted by atomic mass is 9.98. The molecule has 0 fully saturated rings. The second-order valence-corrected chi connectivity index (χ2v) is 7.97.